The number of hydrogen-bond acceptors (Lipinski definition) is 4. The highest BCUT2D eigenvalue weighted by Crippen LogP contribution is 2.09. The Morgan fingerprint density at radius 3 is 2.00 bits per heavy atom. The van der Waals surface area contributed by atoms with Crippen molar-refractivity contribution in [3.63, 3.8) is 0 Å². The molecule has 0 rings (SSSR count). The van der Waals surface area contributed by atoms with Gasteiger partial charge in [-0.1, -0.05) is 19.8 Å². The van der Waals surface area contributed by atoms with Gasteiger partial charge >= 0.3 is 6.09 Å². The summed E-state index contributed by atoms with van der Waals surface area (Å²) in [5.74, 6) is -1.33. The molecule has 0 aromatic carbocycles. The Labute approximate surface area is 133 Å². The van der Waals surface area contributed by atoms with Gasteiger partial charge in [0.15, 0.2) is 0 Å². The van der Waals surface area contributed by atoms with Gasteiger partial charge in [-0.15, -0.1) is 0 Å². The number of Topliss-reactive ketones (excluding diaryl/α,β-unsaturated/α-hetero) is 1. The second kappa shape index (κ2) is 8.15. The third-order valence-corrected chi connectivity index (χ3v) is 2.57. The third-order valence-electron chi connectivity index (χ3n) is 2.57. The van der Waals surface area contributed by atoms with E-state index in [1.165, 1.54) is 0 Å². The monoisotopic (exact) mass is 314 g/mol. The van der Waals surface area contributed by atoms with Gasteiger partial charge in [0, 0.05) is 5.54 Å². The number of rotatable bonds is 6. The fraction of sp³-hybridized carbons (Fsp3) is 0.812. The Hall–Kier alpha value is -1.59. The van der Waals surface area contributed by atoms with Crippen LogP contribution in [-0.2, 0) is 14.3 Å². The maximum Gasteiger partial charge on any atom is 0.408 e. The summed E-state index contributed by atoms with van der Waals surface area (Å²) >= 11 is 0. The quantitative estimate of drug-likeness (QED) is 0.738. The Morgan fingerprint density at radius 2 is 1.59 bits per heavy atom. The number of nitrogens with one attached hydrogen (secondary N) is 2. The van der Waals surface area contributed by atoms with Gasteiger partial charge in [0.05, 0.1) is 0 Å². The summed E-state index contributed by atoms with van der Waals surface area (Å²) in [5.41, 5.74) is -1.16. The second-order valence-corrected chi connectivity index (χ2v) is 7.41. The number of amides is 2. The van der Waals surface area contributed by atoms with Crippen molar-refractivity contribution in [3.8, 4) is 0 Å². The van der Waals surface area contributed by atoms with Gasteiger partial charge in [0.2, 0.25) is 5.78 Å². The van der Waals surface area contributed by atoms with Crippen LogP contribution in [0.1, 0.15) is 67.7 Å². The standard InChI is InChI=1S/C16H30N2O4/c1-8-9-10-11(17-14(21)22-16(5,6)7)12(19)13(20)18-15(2,3)4/h11H,8-10H2,1-7H3,(H,17,21)(H,18,20)/t11-/m0/s1. The van der Waals surface area contributed by atoms with Gasteiger partial charge in [0.1, 0.15) is 11.6 Å². The van der Waals surface area contributed by atoms with Crippen LogP contribution < -0.4 is 10.6 Å². The summed E-state index contributed by atoms with van der Waals surface area (Å²) in [7, 11) is 0. The van der Waals surface area contributed by atoms with Crippen LogP contribution in [0.4, 0.5) is 4.79 Å². The third kappa shape index (κ3) is 9.37. The van der Waals surface area contributed by atoms with E-state index >= 15 is 0 Å². The molecule has 0 aromatic heterocycles. The molecule has 128 valence electrons. The number of alkyl carbamates (subject to hydrolysis) is 1. The molecule has 2 N–H and O–H groups in total. The Bertz CT molecular complexity index is 405. The van der Waals surface area contributed by atoms with Crippen LogP contribution in [0.25, 0.3) is 0 Å². The lowest BCUT2D eigenvalue weighted by Crippen LogP contribution is -2.52. The van der Waals surface area contributed by atoms with Gasteiger partial charge in [-0.25, -0.2) is 4.79 Å². The van der Waals surface area contributed by atoms with Crippen molar-refractivity contribution >= 4 is 17.8 Å². The van der Waals surface area contributed by atoms with Crippen LogP contribution >= 0.6 is 0 Å². The highest BCUT2D eigenvalue weighted by atomic mass is 16.6. The van der Waals surface area contributed by atoms with Crippen molar-refractivity contribution in [2.45, 2.75) is 84.9 Å². The van der Waals surface area contributed by atoms with Crippen molar-refractivity contribution in [2.24, 2.45) is 0 Å². The summed E-state index contributed by atoms with van der Waals surface area (Å²) in [6, 6.07) is -0.864. The van der Waals surface area contributed by atoms with Crippen LogP contribution in [-0.4, -0.2) is 35.0 Å². The highest BCUT2D eigenvalue weighted by molar-refractivity contribution is 6.38. The highest BCUT2D eigenvalue weighted by Gasteiger charge is 2.30. The molecule has 6 heteroatoms. The van der Waals surface area contributed by atoms with E-state index in [0.717, 1.165) is 12.8 Å². The first kappa shape index (κ1) is 20.4. The smallest absolute Gasteiger partial charge is 0.408 e. The zero-order chi connectivity index (χ0) is 17.6. The van der Waals surface area contributed by atoms with Gasteiger partial charge in [-0.2, -0.15) is 0 Å². The second-order valence-electron chi connectivity index (χ2n) is 7.41. The number of hydrogen-bond donors (Lipinski definition) is 2. The molecular weight excluding hydrogens is 284 g/mol. The zero-order valence-corrected chi connectivity index (χ0v) is 14.8. The number of ketones is 1. The first-order valence-electron chi connectivity index (χ1n) is 7.71. The molecule has 6 nitrogen and oxygen atoms in total. The molecule has 2 amide bonds. The largest absolute Gasteiger partial charge is 0.444 e. The fourth-order valence-electron chi connectivity index (χ4n) is 1.69. The van der Waals surface area contributed by atoms with Crippen molar-refractivity contribution < 1.29 is 19.1 Å². The Balaban J connectivity index is 4.85. The molecule has 0 unspecified atom stereocenters. The number of carbonyl (C=O) groups is 3. The zero-order valence-electron chi connectivity index (χ0n) is 14.8. The fourth-order valence-corrected chi connectivity index (χ4v) is 1.69. The summed E-state index contributed by atoms with van der Waals surface area (Å²) in [6.45, 7) is 12.6. The van der Waals surface area contributed by atoms with Crippen molar-refractivity contribution in [1.29, 1.82) is 0 Å². The average Bonchev–Trinajstić information content (AvgIpc) is 2.29. The minimum atomic E-state index is -0.864. The van der Waals surface area contributed by atoms with E-state index in [1.54, 1.807) is 41.5 Å². The first-order chi connectivity index (χ1) is 9.85. The molecule has 0 aliphatic carbocycles. The molecular formula is C16H30N2O4. The molecule has 0 bridgehead atoms. The number of unbranched alkanes of at least 4 members (excludes halogenated alkanes) is 1. The molecule has 0 radical (unpaired) electrons. The molecule has 22 heavy (non-hydrogen) atoms. The summed E-state index contributed by atoms with van der Waals surface area (Å²) in [4.78, 5) is 36.1. The van der Waals surface area contributed by atoms with Crippen LogP contribution in [0.15, 0.2) is 0 Å². The van der Waals surface area contributed by atoms with Gasteiger partial charge in [0.25, 0.3) is 5.91 Å². The van der Waals surface area contributed by atoms with Crippen molar-refractivity contribution in [3.05, 3.63) is 0 Å². The van der Waals surface area contributed by atoms with E-state index < -0.39 is 35.0 Å². The summed E-state index contributed by atoms with van der Waals surface area (Å²) in [5, 5.41) is 5.12. The lowest BCUT2D eigenvalue weighted by molar-refractivity contribution is -0.140. The SMILES string of the molecule is CCCC[C@H](NC(=O)OC(C)(C)C)C(=O)C(=O)NC(C)(C)C. The van der Waals surface area contributed by atoms with Gasteiger partial charge < -0.3 is 15.4 Å². The maximum absolute atomic E-state index is 12.2. The van der Waals surface area contributed by atoms with E-state index in [0.29, 0.717) is 6.42 Å². The van der Waals surface area contributed by atoms with Crippen LogP contribution in [0.2, 0.25) is 0 Å². The minimum Gasteiger partial charge on any atom is -0.444 e. The molecule has 0 spiro atoms. The Kier molecular flexibility index (Phi) is 7.56. The van der Waals surface area contributed by atoms with Crippen molar-refractivity contribution in [1.82, 2.24) is 10.6 Å². The summed E-state index contributed by atoms with van der Waals surface area (Å²) < 4.78 is 5.15. The lowest BCUT2D eigenvalue weighted by atomic mass is 10.0. The maximum atomic E-state index is 12.2. The molecule has 0 aromatic rings. The van der Waals surface area contributed by atoms with Crippen LogP contribution in [0.5, 0.6) is 0 Å². The molecule has 0 aliphatic rings. The predicted octanol–water partition coefficient (Wildman–Crippen LogP) is 2.55. The number of ether oxygens (including phenoxy) is 1. The van der Waals surface area contributed by atoms with E-state index in [-0.39, 0.29) is 0 Å². The molecule has 0 fully saturated rings. The molecule has 1 atom stereocenters. The molecule has 0 aliphatic heterocycles. The van der Waals surface area contributed by atoms with Crippen molar-refractivity contribution in [2.75, 3.05) is 0 Å². The van der Waals surface area contributed by atoms with E-state index in [4.69, 9.17) is 4.74 Å². The summed E-state index contributed by atoms with van der Waals surface area (Å²) in [6.07, 6.45) is 1.31. The normalized spacial score (nSPS) is 13.2. The van der Waals surface area contributed by atoms with Crippen LogP contribution in [0, 0.1) is 0 Å². The van der Waals surface area contributed by atoms with Gasteiger partial charge in [-0.3, -0.25) is 9.59 Å². The van der Waals surface area contributed by atoms with E-state index in [1.807, 2.05) is 6.92 Å². The average molecular weight is 314 g/mol. The van der Waals surface area contributed by atoms with E-state index in [2.05, 4.69) is 10.6 Å². The molecule has 0 heterocycles. The predicted molar refractivity (Wildman–Crippen MR) is 85.6 cm³/mol. The first-order valence-corrected chi connectivity index (χ1v) is 7.71. The molecule has 0 saturated carbocycles. The minimum absolute atomic E-state index is 0.409. The lowest BCUT2D eigenvalue weighted by Gasteiger charge is -2.24. The molecule has 0 saturated heterocycles. The van der Waals surface area contributed by atoms with E-state index in [9.17, 15) is 14.4 Å². The number of carbonyl (C=O) groups excluding carboxylic acids is 3. The van der Waals surface area contributed by atoms with Crippen LogP contribution in [0.3, 0.4) is 0 Å². The topological polar surface area (TPSA) is 84.5 Å². The Morgan fingerprint density at radius 1 is 1.05 bits per heavy atom. The van der Waals surface area contributed by atoms with Gasteiger partial charge in [-0.05, 0) is 48.0 Å².